The molecule has 0 bridgehead atoms. The van der Waals surface area contributed by atoms with Crippen LogP contribution in [0.15, 0.2) is 35.3 Å². The van der Waals surface area contributed by atoms with Gasteiger partial charge in [-0.15, -0.1) is 0 Å². The predicted octanol–water partition coefficient (Wildman–Crippen LogP) is 4.54. The summed E-state index contributed by atoms with van der Waals surface area (Å²) in [5.74, 6) is 0. The van der Waals surface area contributed by atoms with Crippen LogP contribution in [0.2, 0.25) is 5.02 Å². The zero-order valence-electron chi connectivity index (χ0n) is 13.4. The molecular weight excluding hydrogens is 310 g/mol. The predicted molar refractivity (Wildman–Crippen MR) is 95.1 cm³/mol. The quantitative estimate of drug-likeness (QED) is 0.698. The number of H-pyrrole nitrogens is 1. The Morgan fingerprint density at radius 1 is 1.30 bits per heavy atom. The smallest absolute Gasteiger partial charge is 0.290 e. The Balaban J connectivity index is 2.23. The summed E-state index contributed by atoms with van der Waals surface area (Å²) in [4.78, 5) is 19.5. The second-order valence-corrected chi connectivity index (χ2v) is 6.24. The molecule has 2 heterocycles. The molecular formula is C18H20ClN3O. The molecule has 0 saturated carbocycles. The van der Waals surface area contributed by atoms with Gasteiger partial charge in [-0.3, -0.25) is 9.55 Å². The van der Waals surface area contributed by atoms with Crippen LogP contribution in [-0.2, 0) is 6.54 Å². The molecule has 0 aliphatic rings. The first-order valence-corrected chi connectivity index (χ1v) is 8.33. The van der Waals surface area contributed by atoms with Gasteiger partial charge in [0.15, 0.2) is 5.65 Å². The monoisotopic (exact) mass is 329 g/mol. The van der Waals surface area contributed by atoms with Crippen molar-refractivity contribution in [3.05, 3.63) is 51.5 Å². The molecule has 0 unspecified atom stereocenters. The van der Waals surface area contributed by atoms with E-state index in [1.807, 2.05) is 25.1 Å². The van der Waals surface area contributed by atoms with Gasteiger partial charge in [-0.25, -0.2) is 9.78 Å². The third-order valence-electron chi connectivity index (χ3n) is 4.04. The first kappa shape index (κ1) is 15.8. The molecule has 3 rings (SSSR count). The number of aromatic amines is 1. The summed E-state index contributed by atoms with van der Waals surface area (Å²) in [6, 6.07) is 8.14. The maximum Gasteiger partial charge on any atom is 0.327 e. The number of aryl methyl sites for hydroxylation is 2. The average Bonchev–Trinajstić information content (AvgIpc) is 2.84. The highest BCUT2D eigenvalue weighted by Crippen LogP contribution is 2.33. The summed E-state index contributed by atoms with van der Waals surface area (Å²) in [5.41, 5.74) is 4.29. The van der Waals surface area contributed by atoms with Crippen molar-refractivity contribution in [3.63, 3.8) is 0 Å². The highest BCUT2D eigenvalue weighted by molar-refractivity contribution is 6.34. The molecule has 1 N–H and O–H groups in total. The van der Waals surface area contributed by atoms with Gasteiger partial charge in [0.2, 0.25) is 0 Å². The lowest BCUT2D eigenvalue weighted by Crippen LogP contribution is -2.17. The Morgan fingerprint density at radius 2 is 2.13 bits per heavy atom. The fraction of sp³-hybridized carbons (Fsp3) is 0.333. The van der Waals surface area contributed by atoms with Gasteiger partial charge in [-0.2, -0.15) is 0 Å². The summed E-state index contributed by atoms with van der Waals surface area (Å²) < 4.78 is 1.77. The summed E-state index contributed by atoms with van der Waals surface area (Å²) >= 11 is 6.44. The maximum atomic E-state index is 12.3. The van der Waals surface area contributed by atoms with Crippen LogP contribution in [0.5, 0.6) is 0 Å². The molecule has 0 spiro atoms. The molecule has 0 aliphatic carbocycles. The van der Waals surface area contributed by atoms with Crippen LogP contribution in [0.1, 0.15) is 31.7 Å². The number of unbranched alkanes of at least 4 members (excludes halogenated alkanes) is 2. The van der Waals surface area contributed by atoms with E-state index in [2.05, 4.69) is 23.0 Å². The third kappa shape index (κ3) is 3.04. The van der Waals surface area contributed by atoms with E-state index >= 15 is 0 Å². The Bertz CT molecular complexity index is 895. The minimum atomic E-state index is -0.125. The number of hydrogen-bond acceptors (Lipinski definition) is 2. The van der Waals surface area contributed by atoms with Crippen LogP contribution < -0.4 is 5.69 Å². The van der Waals surface area contributed by atoms with Crippen LogP contribution in [-0.4, -0.2) is 14.5 Å². The molecule has 0 saturated heterocycles. The van der Waals surface area contributed by atoms with Crippen molar-refractivity contribution in [1.82, 2.24) is 14.5 Å². The SMILES string of the molecule is CCCCCn1c(=O)[nH]c2ncc(Cl)c(-c3cccc(C)c3)c21. The number of nitrogens with zero attached hydrogens (tertiary/aromatic N) is 2. The molecule has 0 atom stereocenters. The summed E-state index contributed by atoms with van der Waals surface area (Å²) in [6.07, 6.45) is 4.77. The molecule has 0 fully saturated rings. The van der Waals surface area contributed by atoms with E-state index in [1.165, 1.54) is 0 Å². The van der Waals surface area contributed by atoms with E-state index in [1.54, 1.807) is 10.8 Å². The molecule has 3 aromatic rings. The van der Waals surface area contributed by atoms with Crippen molar-refractivity contribution in [2.75, 3.05) is 0 Å². The zero-order valence-corrected chi connectivity index (χ0v) is 14.2. The number of nitrogens with one attached hydrogen (secondary N) is 1. The van der Waals surface area contributed by atoms with Crippen molar-refractivity contribution in [2.24, 2.45) is 0 Å². The van der Waals surface area contributed by atoms with E-state index in [4.69, 9.17) is 11.6 Å². The molecule has 5 heteroatoms. The zero-order chi connectivity index (χ0) is 16.4. The van der Waals surface area contributed by atoms with Crippen LogP contribution in [0.3, 0.4) is 0 Å². The number of hydrogen-bond donors (Lipinski definition) is 1. The Morgan fingerprint density at radius 3 is 2.87 bits per heavy atom. The van der Waals surface area contributed by atoms with Crippen molar-refractivity contribution >= 4 is 22.8 Å². The molecule has 0 radical (unpaired) electrons. The van der Waals surface area contributed by atoms with Crippen molar-refractivity contribution in [1.29, 1.82) is 0 Å². The standard InChI is InChI=1S/C18H20ClN3O/c1-3-4-5-9-22-16-15(13-8-6-7-12(2)10-13)14(19)11-20-17(16)21-18(22)23/h6-8,10-11H,3-5,9H2,1-2H3,(H,20,21,23). The summed E-state index contributed by atoms with van der Waals surface area (Å²) in [7, 11) is 0. The largest absolute Gasteiger partial charge is 0.327 e. The van der Waals surface area contributed by atoms with Crippen LogP contribution >= 0.6 is 11.6 Å². The van der Waals surface area contributed by atoms with Gasteiger partial charge >= 0.3 is 5.69 Å². The average molecular weight is 330 g/mol. The number of fused-ring (bicyclic) bond motifs is 1. The van der Waals surface area contributed by atoms with Crippen molar-refractivity contribution < 1.29 is 0 Å². The van der Waals surface area contributed by atoms with Gasteiger partial charge in [-0.05, 0) is 18.9 Å². The minimum Gasteiger partial charge on any atom is -0.290 e. The normalized spacial score (nSPS) is 11.3. The van der Waals surface area contributed by atoms with Crippen LogP contribution in [0.4, 0.5) is 0 Å². The Kier molecular flexibility index (Phi) is 4.53. The summed E-state index contributed by atoms with van der Waals surface area (Å²) in [5, 5.41) is 0.561. The summed E-state index contributed by atoms with van der Waals surface area (Å²) in [6.45, 7) is 4.86. The minimum absolute atomic E-state index is 0.125. The van der Waals surface area contributed by atoms with E-state index in [-0.39, 0.29) is 5.69 Å². The molecule has 120 valence electrons. The lowest BCUT2D eigenvalue weighted by molar-refractivity contribution is 0.601. The molecule has 2 aromatic heterocycles. The first-order valence-electron chi connectivity index (χ1n) is 7.96. The maximum absolute atomic E-state index is 12.3. The van der Waals surface area contributed by atoms with Crippen molar-refractivity contribution in [2.45, 2.75) is 39.7 Å². The van der Waals surface area contributed by atoms with Crippen LogP contribution in [0, 0.1) is 6.92 Å². The molecule has 4 nitrogen and oxygen atoms in total. The molecule has 1 aromatic carbocycles. The number of rotatable bonds is 5. The lowest BCUT2D eigenvalue weighted by Gasteiger charge is -2.10. The van der Waals surface area contributed by atoms with Gasteiger partial charge < -0.3 is 0 Å². The highest BCUT2D eigenvalue weighted by atomic mass is 35.5. The van der Waals surface area contributed by atoms with Crippen LogP contribution in [0.25, 0.3) is 22.3 Å². The van der Waals surface area contributed by atoms with Gasteiger partial charge in [-0.1, -0.05) is 61.2 Å². The fourth-order valence-electron chi connectivity index (χ4n) is 2.91. The number of pyridine rings is 1. The fourth-order valence-corrected chi connectivity index (χ4v) is 3.16. The Hall–Kier alpha value is -2.07. The van der Waals surface area contributed by atoms with Gasteiger partial charge in [0.25, 0.3) is 0 Å². The number of aromatic nitrogens is 3. The molecule has 23 heavy (non-hydrogen) atoms. The highest BCUT2D eigenvalue weighted by Gasteiger charge is 2.16. The molecule has 0 aliphatic heterocycles. The third-order valence-corrected chi connectivity index (χ3v) is 4.33. The second-order valence-electron chi connectivity index (χ2n) is 5.84. The molecule has 0 amide bonds. The van der Waals surface area contributed by atoms with Gasteiger partial charge in [0.1, 0.15) is 0 Å². The van der Waals surface area contributed by atoms with Crippen molar-refractivity contribution in [3.8, 4) is 11.1 Å². The number of benzene rings is 1. The topological polar surface area (TPSA) is 50.7 Å². The van der Waals surface area contributed by atoms with E-state index in [0.29, 0.717) is 17.2 Å². The Labute approximate surface area is 140 Å². The number of halogens is 1. The van der Waals surface area contributed by atoms with E-state index in [0.717, 1.165) is 41.5 Å². The van der Waals surface area contributed by atoms with Gasteiger partial charge in [0.05, 0.1) is 10.5 Å². The number of imidazole rings is 1. The first-order chi connectivity index (χ1) is 11.1. The lowest BCUT2D eigenvalue weighted by atomic mass is 10.0. The van der Waals surface area contributed by atoms with E-state index < -0.39 is 0 Å². The van der Waals surface area contributed by atoms with E-state index in [9.17, 15) is 4.79 Å². The van der Waals surface area contributed by atoms with Gasteiger partial charge in [0, 0.05) is 18.3 Å². The second kappa shape index (κ2) is 6.59.